The molecule has 2 atom stereocenters. The van der Waals surface area contributed by atoms with Gasteiger partial charge in [0.25, 0.3) is 11.8 Å². The molecule has 0 spiro atoms. The van der Waals surface area contributed by atoms with E-state index in [4.69, 9.17) is 18.7 Å². The van der Waals surface area contributed by atoms with Crippen LogP contribution in [0.1, 0.15) is 45.8 Å². The molecule has 3 amide bonds. The van der Waals surface area contributed by atoms with Gasteiger partial charge in [-0.1, -0.05) is 17.3 Å². The van der Waals surface area contributed by atoms with Crippen molar-refractivity contribution in [2.75, 3.05) is 26.3 Å². The third kappa shape index (κ3) is 6.50. The van der Waals surface area contributed by atoms with Crippen molar-refractivity contribution >= 4 is 17.7 Å². The molecule has 3 aliphatic heterocycles. The summed E-state index contributed by atoms with van der Waals surface area (Å²) in [4.78, 5) is 41.1. The summed E-state index contributed by atoms with van der Waals surface area (Å²) in [5.74, 6) is 1.83. The fourth-order valence-electron chi connectivity index (χ4n) is 5.13. The lowest BCUT2D eigenvalue weighted by atomic mass is 10.1. The van der Waals surface area contributed by atoms with Crippen molar-refractivity contribution in [3.8, 4) is 17.2 Å². The average molecular weight is 575 g/mol. The van der Waals surface area contributed by atoms with E-state index in [0.29, 0.717) is 59.9 Å². The smallest absolute Gasteiger partial charge is 0.258 e. The molecule has 220 valence electrons. The van der Waals surface area contributed by atoms with Crippen LogP contribution in [0, 0.1) is 19.8 Å². The number of carbonyl (C=O) groups is 3. The van der Waals surface area contributed by atoms with E-state index in [1.807, 2.05) is 31.2 Å². The predicted molar refractivity (Wildman–Crippen MR) is 150 cm³/mol. The SMILES string of the molecule is Cc1noc(C)c1CC(=O)N1C[C@@H]2NC(=O)c3cc(cc(OCC4CC4)c3)OCC(=O)NCc3ccc(cc3)O[C@H]2C1. The summed E-state index contributed by atoms with van der Waals surface area (Å²) in [6.45, 7) is 4.85. The third-order valence-electron chi connectivity index (χ3n) is 7.84. The normalized spacial score (nSPS) is 20.6. The maximum absolute atomic E-state index is 13.6. The van der Waals surface area contributed by atoms with Gasteiger partial charge in [0.2, 0.25) is 5.91 Å². The molecule has 4 bridgehead atoms. The Morgan fingerprint density at radius 2 is 1.88 bits per heavy atom. The number of benzene rings is 2. The molecule has 11 nitrogen and oxygen atoms in total. The number of hydrogen-bond donors (Lipinski definition) is 2. The zero-order chi connectivity index (χ0) is 29.2. The summed E-state index contributed by atoms with van der Waals surface area (Å²) in [5.41, 5.74) is 2.67. The highest BCUT2D eigenvalue weighted by molar-refractivity contribution is 5.95. The van der Waals surface area contributed by atoms with Crippen LogP contribution in [0.4, 0.5) is 0 Å². The van der Waals surface area contributed by atoms with Gasteiger partial charge in [-0.25, -0.2) is 0 Å². The van der Waals surface area contributed by atoms with Crippen molar-refractivity contribution < 1.29 is 33.1 Å². The fraction of sp³-hybridized carbons (Fsp3) is 0.419. The zero-order valence-electron chi connectivity index (χ0n) is 23.7. The van der Waals surface area contributed by atoms with Crippen LogP contribution < -0.4 is 24.8 Å². The second-order valence-electron chi connectivity index (χ2n) is 11.2. The predicted octanol–water partition coefficient (Wildman–Crippen LogP) is 2.72. The fourth-order valence-corrected chi connectivity index (χ4v) is 5.13. The van der Waals surface area contributed by atoms with Crippen LogP contribution in [-0.2, 0) is 22.6 Å². The van der Waals surface area contributed by atoms with Crippen LogP contribution in [0.5, 0.6) is 17.2 Å². The Bertz CT molecular complexity index is 1460. The van der Waals surface area contributed by atoms with E-state index >= 15 is 0 Å². The highest BCUT2D eigenvalue weighted by atomic mass is 16.5. The quantitative estimate of drug-likeness (QED) is 0.476. The summed E-state index contributed by atoms with van der Waals surface area (Å²) < 4.78 is 23.3. The number of amides is 3. The van der Waals surface area contributed by atoms with Gasteiger partial charge in [0, 0.05) is 30.3 Å². The van der Waals surface area contributed by atoms with E-state index in [2.05, 4.69) is 15.8 Å². The lowest BCUT2D eigenvalue weighted by Gasteiger charge is -2.21. The third-order valence-corrected chi connectivity index (χ3v) is 7.84. The first-order chi connectivity index (χ1) is 20.3. The van der Waals surface area contributed by atoms with Crippen molar-refractivity contribution in [3.05, 3.63) is 70.6 Å². The number of ether oxygens (including phenoxy) is 3. The van der Waals surface area contributed by atoms with Crippen LogP contribution >= 0.6 is 0 Å². The van der Waals surface area contributed by atoms with Crippen molar-refractivity contribution in [2.45, 2.75) is 51.8 Å². The molecule has 1 saturated heterocycles. The van der Waals surface area contributed by atoms with Gasteiger partial charge in [-0.3, -0.25) is 14.4 Å². The first-order valence-electron chi connectivity index (χ1n) is 14.2. The molecule has 0 radical (unpaired) electrons. The molecule has 1 aliphatic carbocycles. The Morgan fingerprint density at radius 1 is 1.07 bits per heavy atom. The second kappa shape index (κ2) is 11.8. The monoisotopic (exact) mass is 574 g/mol. The molecule has 1 saturated carbocycles. The molecule has 2 aromatic carbocycles. The van der Waals surface area contributed by atoms with Gasteiger partial charge in [0.1, 0.15) is 29.1 Å². The van der Waals surface area contributed by atoms with Crippen molar-refractivity contribution in [3.63, 3.8) is 0 Å². The Morgan fingerprint density at radius 3 is 2.62 bits per heavy atom. The van der Waals surface area contributed by atoms with E-state index in [-0.39, 0.29) is 37.3 Å². The molecule has 0 unspecified atom stereocenters. The minimum Gasteiger partial charge on any atom is -0.493 e. The molecule has 2 N–H and O–H groups in total. The first kappa shape index (κ1) is 27.6. The van der Waals surface area contributed by atoms with Crippen LogP contribution in [0.15, 0.2) is 47.0 Å². The van der Waals surface area contributed by atoms with E-state index in [0.717, 1.165) is 24.0 Å². The number of likely N-dealkylation sites (tertiary alicyclic amines) is 1. The number of rotatable bonds is 5. The maximum atomic E-state index is 13.6. The van der Waals surface area contributed by atoms with Crippen LogP contribution in [0.2, 0.25) is 0 Å². The highest BCUT2D eigenvalue weighted by Crippen LogP contribution is 2.31. The zero-order valence-corrected chi connectivity index (χ0v) is 23.7. The summed E-state index contributed by atoms with van der Waals surface area (Å²) in [6, 6.07) is 11.8. The Labute approximate surface area is 243 Å². The molecule has 11 heteroatoms. The van der Waals surface area contributed by atoms with Crippen LogP contribution in [-0.4, -0.2) is 66.2 Å². The van der Waals surface area contributed by atoms with Crippen molar-refractivity contribution in [1.29, 1.82) is 0 Å². The van der Waals surface area contributed by atoms with Crippen LogP contribution in [0.25, 0.3) is 0 Å². The minimum atomic E-state index is -0.492. The van der Waals surface area contributed by atoms with E-state index < -0.39 is 12.1 Å². The molecule has 4 heterocycles. The van der Waals surface area contributed by atoms with Crippen molar-refractivity contribution in [2.24, 2.45) is 5.92 Å². The summed E-state index contributed by atoms with van der Waals surface area (Å²) >= 11 is 0. The standard InChI is InChI=1S/C31H34N4O7/c1-18-26(19(2)42-34-18)12-30(37)35-14-27-28(15-35)41-23-7-5-20(6-8-23)13-32-29(36)17-40-25-10-22(31(38)33-27)9-24(11-25)39-16-21-3-4-21/h5-11,21,27-28H,3-4,12-17H2,1-2H3,(H,32,36)(H,33,38)/t27-,28-/m0/s1. The topological polar surface area (TPSA) is 132 Å². The van der Waals surface area contributed by atoms with Gasteiger partial charge < -0.3 is 34.3 Å². The first-order valence-corrected chi connectivity index (χ1v) is 14.2. The van der Waals surface area contributed by atoms with Gasteiger partial charge in [0.15, 0.2) is 6.61 Å². The summed E-state index contributed by atoms with van der Waals surface area (Å²) in [5, 5.41) is 9.88. The van der Waals surface area contributed by atoms with Gasteiger partial charge in [-0.15, -0.1) is 0 Å². The molecular weight excluding hydrogens is 540 g/mol. The number of aromatic nitrogens is 1. The van der Waals surface area contributed by atoms with Crippen molar-refractivity contribution in [1.82, 2.24) is 20.7 Å². The maximum Gasteiger partial charge on any atom is 0.258 e. The Hall–Kier alpha value is -4.54. The second-order valence-corrected chi connectivity index (χ2v) is 11.2. The lowest BCUT2D eigenvalue weighted by Crippen LogP contribution is -2.45. The highest BCUT2D eigenvalue weighted by Gasteiger charge is 2.38. The van der Waals surface area contributed by atoms with Gasteiger partial charge in [-0.2, -0.15) is 0 Å². The van der Waals surface area contributed by atoms with E-state index in [9.17, 15) is 14.4 Å². The number of fused-ring (bicyclic) bond motifs is 7. The number of nitrogens with one attached hydrogen (secondary N) is 2. The summed E-state index contributed by atoms with van der Waals surface area (Å²) in [7, 11) is 0. The molecule has 3 aromatic rings. The molecule has 42 heavy (non-hydrogen) atoms. The number of hydrogen-bond acceptors (Lipinski definition) is 8. The Balaban J connectivity index is 1.26. The van der Waals surface area contributed by atoms with Gasteiger partial charge in [-0.05, 0) is 62.4 Å². The number of aryl methyl sites for hydroxylation is 2. The number of nitrogens with zero attached hydrogens (tertiary/aromatic N) is 2. The molecule has 7 rings (SSSR count). The molecule has 1 aromatic heterocycles. The van der Waals surface area contributed by atoms with E-state index in [1.54, 1.807) is 30.0 Å². The average Bonchev–Trinajstić information content (AvgIpc) is 3.67. The summed E-state index contributed by atoms with van der Waals surface area (Å²) in [6.07, 6.45) is 1.91. The molecule has 4 aliphatic rings. The lowest BCUT2D eigenvalue weighted by molar-refractivity contribution is -0.129. The van der Waals surface area contributed by atoms with Crippen LogP contribution in [0.3, 0.4) is 0 Å². The number of carbonyl (C=O) groups excluding carboxylic acids is 3. The minimum absolute atomic E-state index is 0.103. The van der Waals surface area contributed by atoms with Gasteiger partial charge in [0.05, 0.1) is 31.3 Å². The largest absolute Gasteiger partial charge is 0.493 e. The molecule has 2 fully saturated rings. The molecular formula is C31H34N4O7. The Kier molecular flexibility index (Phi) is 7.73. The van der Waals surface area contributed by atoms with E-state index in [1.165, 1.54) is 0 Å². The van der Waals surface area contributed by atoms with Gasteiger partial charge >= 0.3 is 0 Å².